The fourth-order valence-electron chi connectivity index (χ4n) is 1.26. The molecular weight excluding hydrogens is 253 g/mol. The molecule has 0 atom stereocenters. The van der Waals surface area contributed by atoms with Crippen molar-refractivity contribution in [3.05, 3.63) is 47.1 Å². The number of nitrogens with one attached hydrogen (secondary N) is 1. The van der Waals surface area contributed by atoms with E-state index in [1.165, 1.54) is 18.3 Å². The van der Waals surface area contributed by atoms with Crippen LogP contribution in [0.2, 0.25) is 5.15 Å². The van der Waals surface area contributed by atoms with Crippen LogP contribution in [0.3, 0.4) is 0 Å². The highest BCUT2D eigenvalue weighted by atomic mass is 35.5. The number of aromatic nitrogens is 2. The highest BCUT2D eigenvalue weighted by Gasteiger charge is 2.05. The van der Waals surface area contributed by atoms with Crippen molar-refractivity contribution < 1.29 is 4.39 Å². The number of nitrogens with zero attached hydrogens (tertiary/aromatic N) is 2. The van der Waals surface area contributed by atoms with E-state index in [0.29, 0.717) is 10.8 Å². The molecule has 2 aromatic heterocycles. The van der Waals surface area contributed by atoms with Gasteiger partial charge in [-0.15, -0.1) is 0 Å². The molecule has 0 aliphatic heterocycles. The Morgan fingerprint density at radius 2 is 2.00 bits per heavy atom. The Morgan fingerprint density at radius 1 is 1.28 bits per heavy atom. The molecule has 96 valence electrons. The monoisotopic (exact) mass is 267 g/mol. The molecule has 18 heavy (non-hydrogen) atoms. The zero-order chi connectivity index (χ0) is 13.5. The van der Waals surface area contributed by atoms with Crippen LogP contribution in [0.25, 0.3) is 0 Å². The third kappa shape index (κ3) is 3.67. The Morgan fingerprint density at radius 3 is 2.61 bits per heavy atom. The first-order chi connectivity index (χ1) is 8.66. The summed E-state index contributed by atoms with van der Waals surface area (Å²) < 4.78 is 13.3. The van der Waals surface area contributed by atoms with Gasteiger partial charge in [-0.05, 0) is 30.7 Å². The van der Waals surface area contributed by atoms with Crippen LogP contribution in [-0.4, -0.2) is 9.97 Å². The quantitative estimate of drug-likeness (QED) is 0.822. The first-order valence-corrected chi connectivity index (χ1v) is 6.04. The van der Waals surface area contributed by atoms with E-state index in [0.717, 1.165) is 5.56 Å². The maximum absolute atomic E-state index is 13.3. The van der Waals surface area contributed by atoms with Crippen molar-refractivity contribution in [3.8, 4) is 0 Å². The molecule has 0 spiro atoms. The molecule has 0 aromatic carbocycles. The SMILES string of the molecule is CC.Cc1cc(Cl)ncc1Nc1ncccc1F. The molecule has 5 heteroatoms. The Kier molecular flexibility index (Phi) is 5.52. The Balaban J connectivity index is 0.000000771. The zero-order valence-corrected chi connectivity index (χ0v) is 11.3. The number of hydrogen-bond donors (Lipinski definition) is 1. The van der Waals surface area contributed by atoms with Crippen LogP contribution in [0.1, 0.15) is 19.4 Å². The molecule has 0 aliphatic carbocycles. The third-order valence-electron chi connectivity index (χ3n) is 2.09. The Bertz CT molecular complexity index is 517. The summed E-state index contributed by atoms with van der Waals surface area (Å²) in [6, 6.07) is 4.58. The summed E-state index contributed by atoms with van der Waals surface area (Å²) in [5.74, 6) is -0.230. The van der Waals surface area contributed by atoms with Gasteiger partial charge in [0.15, 0.2) is 11.6 Å². The Hall–Kier alpha value is -1.68. The van der Waals surface area contributed by atoms with E-state index in [1.54, 1.807) is 12.3 Å². The average Bonchev–Trinajstić information content (AvgIpc) is 2.38. The normalized spacial score (nSPS) is 9.39. The maximum atomic E-state index is 13.3. The lowest BCUT2D eigenvalue weighted by Gasteiger charge is -2.08. The van der Waals surface area contributed by atoms with Gasteiger partial charge in [0, 0.05) is 6.20 Å². The van der Waals surface area contributed by atoms with E-state index in [2.05, 4.69) is 15.3 Å². The Labute approximate surface area is 111 Å². The predicted octanol–water partition coefficient (Wildman–Crippen LogP) is 4.35. The first kappa shape index (κ1) is 14.4. The fraction of sp³-hybridized carbons (Fsp3) is 0.231. The molecule has 0 bridgehead atoms. The van der Waals surface area contributed by atoms with Gasteiger partial charge >= 0.3 is 0 Å². The van der Waals surface area contributed by atoms with Crippen molar-refractivity contribution in [3.63, 3.8) is 0 Å². The lowest BCUT2D eigenvalue weighted by Crippen LogP contribution is -1.98. The van der Waals surface area contributed by atoms with Crippen LogP contribution < -0.4 is 5.32 Å². The molecule has 0 radical (unpaired) electrons. The van der Waals surface area contributed by atoms with E-state index >= 15 is 0 Å². The van der Waals surface area contributed by atoms with E-state index < -0.39 is 5.82 Å². The van der Waals surface area contributed by atoms with E-state index in [-0.39, 0.29) is 5.82 Å². The molecule has 0 saturated carbocycles. The van der Waals surface area contributed by atoms with Gasteiger partial charge in [-0.25, -0.2) is 14.4 Å². The number of anilines is 2. The van der Waals surface area contributed by atoms with Crippen LogP contribution in [0.4, 0.5) is 15.9 Å². The van der Waals surface area contributed by atoms with Crippen molar-refractivity contribution in [2.24, 2.45) is 0 Å². The van der Waals surface area contributed by atoms with E-state index in [9.17, 15) is 4.39 Å². The van der Waals surface area contributed by atoms with Gasteiger partial charge in [-0.3, -0.25) is 0 Å². The second-order valence-corrected chi connectivity index (χ2v) is 3.67. The van der Waals surface area contributed by atoms with Crippen LogP contribution in [0.5, 0.6) is 0 Å². The molecule has 2 heterocycles. The van der Waals surface area contributed by atoms with Crippen molar-refractivity contribution in [2.45, 2.75) is 20.8 Å². The van der Waals surface area contributed by atoms with Crippen molar-refractivity contribution in [1.82, 2.24) is 9.97 Å². The minimum absolute atomic E-state index is 0.176. The van der Waals surface area contributed by atoms with Crippen molar-refractivity contribution in [1.29, 1.82) is 0 Å². The molecule has 0 amide bonds. The predicted molar refractivity (Wildman–Crippen MR) is 72.8 cm³/mol. The highest BCUT2D eigenvalue weighted by molar-refractivity contribution is 6.29. The highest BCUT2D eigenvalue weighted by Crippen LogP contribution is 2.21. The molecule has 0 unspecified atom stereocenters. The van der Waals surface area contributed by atoms with E-state index in [4.69, 9.17) is 11.6 Å². The van der Waals surface area contributed by atoms with Gasteiger partial charge < -0.3 is 5.32 Å². The van der Waals surface area contributed by atoms with Crippen LogP contribution >= 0.6 is 11.6 Å². The minimum Gasteiger partial charge on any atom is -0.336 e. The van der Waals surface area contributed by atoms with Gasteiger partial charge in [-0.1, -0.05) is 25.4 Å². The number of rotatable bonds is 2. The molecule has 3 nitrogen and oxygen atoms in total. The summed E-state index contributed by atoms with van der Waals surface area (Å²) in [5.41, 5.74) is 1.56. The van der Waals surface area contributed by atoms with Gasteiger partial charge in [0.2, 0.25) is 0 Å². The summed E-state index contributed by atoms with van der Waals surface area (Å²) in [7, 11) is 0. The molecule has 2 rings (SSSR count). The third-order valence-corrected chi connectivity index (χ3v) is 2.30. The molecule has 1 N–H and O–H groups in total. The standard InChI is InChI=1S/C11H9ClFN3.C2H6/c1-7-5-10(12)15-6-9(7)16-11-8(13)3-2-4-14-11;1-2/h2-6H,1H3,(H,14,16);1-2H3. The minimum atomic E-state index is -0.406. The lowest BCUT2D eigenvalue weighted by molar-refractivity contribution is 0.626. The summed E-state index contributed by atoms with van der Waals surface area (Å²) >= 11 is 5.72. The second-order valence-electron chi connectivity index (χ2n) is 3.28. The summed E-state index contributed by atoms with van der Waals surface area (Å²) in [6.07, 6.45) is 3.07. The number of halogens is 2. The molecule has 0 aliphatic rings. The zero-order valence-electron chi connectivity index (χ0n) is 10.5. The number of aryl methyl sites for hydroxylation is 1. The smallest absolute Gasteiger partial charge is 0.166 e. The van der Waals surface area contributed by atoms with Gasteiger partial charge in [0.05, 0.1) is 11.9 Å². The number of pyridine rings is 2. The first-order valence-electron chi connectivity index (χ1n) is 5.66. The van der Waals surface area contributed by atoms with Crippen molar-refractivity contribution >= 4 is 23.1 Å². The van der Waals surface area contributed by atoms with Crippen LogP contribution in [0, 0.1) is 12.7 Å². The second kappa shape index (κ2) is 6.91. The molecule has 0 saturated heterocycles. The van der Waals surface area contributed by atoms with Crippen LogP contribution in [0.15, 0.2) is 30.6 Å². The average molecular weight is 268 g/mol. The van der Waals surface area contributed by atoms with Crippen LogP contribution in [-0.2, 0) is 0 Å². The van der Waals surface area contributed by atoms with Gasteiger partial charge in [0.1, 0.15) is 5.15 Å². The summed E-state index contributed by atoms with van der Waals surface area (Å²) in [4.78, 5) is 7.81. The fourth-order valence-corrected chi connectivity index (χ4v) is 1.47. The van der Waals surface area contributed by atoms with Crippen molar-refractivity contribution in [2.75, 3.05) is 5.32 Å². The summed E-state index contributed by atoms with van der Waals surface area (Å²) in [6.45, 7) is 5.86. The molecule has 2 aromatic rings. The topological polar surface area (TPSA) is 37.8 Å². The molecule has 0 fully saturated rings. The summed E-state index contributed by atoms with van der Waals surface area (Å²) in [5, 5.41) is 3.27. The lowest BCUT2D eigenvalue weighted by atomic mass is 10.2. The van der Waals surface area contributed by atoms with Gasteiger partial charge in [0.25, 0.3) is 0 Å². The molecular formula is C13H15ClFN3. The van der Waals surface area contributed by atoms with E-state index in [1.807, 2.05) is 20.8 Å². The maximum Gasteiger partial charge on any atom is 0.166 e. The number of hydrogen-bond acceptors (Lipinski definition) is 3. The van der Waals surface area contributed by atoms with Gasteiger partial charge in [-0.2, -0.15) is 0 Å². The largest absolute Gasteiger partial charge is 0.336 e.